The van der Waals surface area contributed by atoms with E-state index in [2.05, 4.69) is 11.7 Å². The highest BCUT2D eigenvalue weighted by molar-refractivity contribution is 5.38. The van der Waals surface area contributed by atoms with Crippen molar-refractivity contribution in [3.63, 3.8) is 0 Å². The lowest BCUT2D eigenvalue weighted by molar-refractivity contribution is -0.0766. The van der Waals surface area contributed by atoms with Crippen LogP contribution in [0.5, 0.6) is 0 Å². The van der Waals surface area contributed by atoms with E-state index in [-0.39, 0.29) is 0 Å². The molecule has 0 aromatic carbocycles. The third kappa shape index (κ3) is 7.54. The number of hydrogen-bond acceptors (Lipinski definition) is 3. The molecule has 0 aromatic rings. The molecule has 0 rings (SSSR count). The first-order chi connectivity index (χ1) is 5.81. The molecular weight excluding hydrogens is 156 g/mol. The first-order valence-electron chi connectivity index (χ1n) is 4.45. The van der Waals surface area contributed by atoms with Crippen LogP contribution in [0.2, 0.25) is 0 Å². The lowest BCUT2D eigenvalue weighted by atomic mass is 10.2. The van der Waals surface area contributed by atoms with Gasteiger partial charge in [0.15, 0.2) is 0 Å². The predicted octanol–water partition coefficient (Wildman–Crippen LogP) is 2.01. The summed E-state index contributed by atoms with van der Waals surface area (Å²) in [5, 5.41) is 0. The topological polar surface area (TPSA) is 35.5 Å². The van der Waals surface area contributed by atoms with E-state index in [1.165, 1.54) is 25.7 Å². The van der Waals surface area contributed by atoms with Crippen molar-refractivity contribution in [1.82, 2.24) is 0 Å². The van der Waals surface area contributed by atoms with E-state index in [0.29, 0.717) is 6.61 Å². The van der Waals surface area contributed by atoms with Gasteiger partial charge in [0.1, 0.15) is 0 Å². The van der Waals surface area contributed by atoms with Gasteiger partial charge in [-0.05, 0) is 13.3 Å². The molecule has 3 nitrogen and oxygen atoms in total. The van der Waals surface area contributed by atoms with Gasteiger partial charge in [0, 0.05) is 0 Å². The molecule has 71 valence electrons. The summed E-state index contributed by atoms with van der Waals surface area (Å²) in [7, 11) is 0. The summed E-state index contributed by atoms with van der Waals surface area (Å²) < 4.78 is 9.56. The monoisotopic (exact) mass is 173 g/mol. The summed E-state index contributed by atoms with van der Waals surface area (Å²) in [5.74, 6) is 0. The van der Waals surface area contributed by atoms with E-state index in [1.807, 2.05) is 0 Å². The van der Waals surface area contributed by atoms with Crippen molar-refractivity contribution in [2.75, 3.05) is 6.61 Å². The zero-order chi connectivity index (χ0) is 9.23. The third-order valence-corrected chi connectivity index (χ3v) is 1.56. The van der Waals surface area contributed by atoms with Gasteiger partial charge in [-0.2, -0.15) is 0 Å². The number of ether oxygens (including phenoxy) is 2. The van der Waals surface area contributed by atoms with Gasteiger partial charge < -0.3 is 9.47 Å². The van der Waals surface area contributed by atoms with Crippen LogP contribution in [-0.2, 0) is 14.3 Å². The van der Waals surface area contributed by atoms with E-state index >= 15 is 0 Å². The Hall–Kier alpha value is -0.570. The maximum Gasteiger partial charge on any atom is 0.419 e. The fourth-order valence-electron chi connectivity index (χ4n) is 0.880. The zero-order valence-electron chi connectivity index (χ0n) is 7.84. The second kappa shape index (κ2) is 8.53. The maximum absolute atomic E-state index is 9.72. The van der Waals surface area contributed by atoms with Crippen molar-refractivity contribution in [2.24, 2.45) is 0 Å². The molecular formula is C9H17O3. The molecule has 0 bridgehead atoms. The molecule has 0 aliphatic heterocycles. The smallest absolute Gasteiger partial charge is 0.419 e. The van der Waals surface area contributed by atoms with E-state index in [0.717, 1.165) is 6.42 Å². The highest BCUT2D eigenvalue weighted by Gasteiger charge is 1.99. The minimum Gasteiger partial charge on any atom is -0.428 e. The standard InChI is InChI=1S/C9H17O3/c1-3-4-5-6-7-11-9(2)12-8-10/h9H,3-7H2,1-2H3. The quantitative estimate of drug-likeness (QED) is 0.416. The lowest BCUT2D eigenvalue weighted by Crippen LogP contribution is -2.12. The first kappa shape index (κ1) is 11.4. The van der Waals surface area contributed by atoms with Gasteiger partial charge in [-0.15, -0.1) is 0 Å². The van der Waals surface area contributed by atoms with Crippen LogP contribution >= 0.6 is 0 Å². The highest BCUT2D eigenvalue weighted by atomic mass is 16.7. The third-order valence-electron chi connectivity index (χ3n) is 1.56. The van der Waals surface area contributed by atoms with Crippen LogP contribution in [-0.4, -0.2) is 19.4 Å². The van der Waals surface area contributed by atoms with Crippen LogP contribution in [0.4, 0.5) is 0 Å². The molecule has 0 saturated carbocycles. The fraction of sp³-hybridized carbons (Fsp3) is 0.889. The SMILES string of the molecule is CCCCCCOC(C)O[C]=O. The Labute approximate surface area is 74.0 Å². The molecule has 0 heterocycles. The van der Waals surface area contributed by atoms with Crippen molar-refractivity contribution in [3.05, 3.63) is 0 Å². The number of hydrogen-bond donors (Lipinski definition) is 0. The van der Waals surface area contributed by atoms with Gasteiger partial charge in [-0.1, -0.05) is 26.2 Å². The summed E-state index contributed by atoms with van der Waals surface area (Å²) >= 11 is 0. The van der Waals surface area contributed by atoms with E-state index in [4.69, 9.17) is 4.74 Å². The van der Waals surface area contributed by atoms with Gasteiger partial charge in [0.25, 0.3) is 0 Å². The molecule has 0 aliphatic carbocycles. The molecule has 3 heteroatoms. The number of unbranched alkanes of at least 4 members (excludes halogenated alkanes) is 3. The molecule has 0 fully saturated rings. The molecule has 1 unspecified atom stereocenters. The Bertz CT molecular complexity index is 104. The average molecular weight is 173 g/mol. The predicted molar refractivity (Wildman–Crippen MR) is 46.3 cm³/mol. The Morgan fingerprint density at radius 3 is 2.67 bits per heavy atom. The minimum atomic E-state index is -0.455. The van der Waals surface area contributed by atoms with Crippen LogP contribution in [0.1, 0.15) is 39.5 Å². The molecule has 0 aromatic heterocycles. The van der Waals surface area contributed by atoms with Crippen LogP contribution in [0.25, 0.3) is 0 Å². The van der Waals surface area contributed by atoms with Crippen molar-refractivity contribution in [2.45, 2.75) is 45.8 Å². The molecule has 0 aliphatic rings. The Balaban J connectivity index is 3.02. The van der Waals surface area contributed by atoms with Gasteiger partial charge in [0.2, 0.25) is 6.29 Å². The van der Waals surface area contributed by atoms with E-state index in [1.54, 1.807) is 6.92 Å². The van der Waals surface area contributed by atoms with Gasteiger partial charge in [-0.25, -0.2) is 4.79 Å². The van der Waals surface area contributed by atoms with Crippen molar-refractivity contribution < 1.29 is 14.3 Å². The molecule has 0 spiro atoms. The van der Waals surface area contributed by atoms with Gasteiger partial charge >= 0.3 is 6.47 Å². The summed E-state index contributed by atoms with van der Waals surface area (Å²) in [6.45, 7) is 5.85. The lowest BCUT2D eigenvalue weighted by Gasteiger charge is -2.09. The molecule has 0 N–H and O–H groups in total. The summed E-state index contributed by atoms with van der Waals surface area (Å²) in [4.78, 5) is 9.72. The number of rotatable bonds is 8. The zero-order valence-corrected chi connectivity index (χ0v) is 7.84. The van der Waals surface area contributed by atoms with E-state index in [9.17, 15) is 4.79 Å². The summed E-state index contributed by atoms with van der Waals surface area (Å²) in [5.41, 5.74) is 0. The average Bonchev–Trinajstić information content (AvgIpc) is 2.05. The summed E-state index contributed by atoms with van der Waals surface area (Å²) in [6, 6.07) is 0. The van der Waals surface area contributed by atoms with E-state index < -0.39 is 6.29 Å². The fourth-order valence-corrected chi connectivity index (χ4v) is 0.880. The Morgan fingerprint density at radius 1 is 1.33 bits per heavy atom. The van der Waals surface area contributed by atoms with Crippen molar-refractivity contribution in [3.8, 4) is 0 Å². The van der Waals surface area contributed by atoms with Crippen LogP contribution in [0.15, 0.2) is 0 Å². The molecule has 0 saturated heterocycles. The molecule has 1 atom stereocenters. The Morgan fingerprint density at radius 2 is 2.08 bits per heavy atom. The van der Waals surface area contributed by atoms with Crippen molar-refractivity contribution >= 4 is 6.47 Å². The van der Waals surface area contributed by atoms with Gasteiger partial charge in [0.05, 0.1) is 6.61 Å². The minimum absolute atomic E-state index is 0.455. The van der Waals surface area contributed by atoms with Crippen LogP contribution < -0.4 is 0 Å². The van der Waals surface area contributed by atoms with Crippen molar-refractivity contribution in [1.29, 1.82) is 0 Å². The second-order valence-corrected chi connectivity index (χ2v) is 2.70. The number of carbonyl (C=O) groups excluding carboxylic acids is 1. The second-order valence-electron chi connectivity index (χ2n) is 2.70. The highest BCUT2D eigenvalue weighted by Crippen LogP contribution is 2.00. The Kier molecular flexibility index (Phi) is 8.12. The normalized spacial score (nSPS) is 12.5. The summed E-state index contributed by atoms with van der Waals surface area (Å²) in [6.07, 6.45) is 4.20. The maximum atomic E-state index is 9.72. The van der Waals surface area contributed by atoms with Gasteiger partial charge in [-0.3, -0.25) is 0 Å². The molecule has 12 heavy (non-hydrogen) atoms. The largest absolute Gasteiger partial charge is 0.428 e. The molecule has 0 amide bonds. The van der Waals surface area contributed by atoms with Crippen LogP contribution in [0.3, 0.4) is 0 Å². The first-order valence-corrected chi connectivity index (χ1v) is 4.45. The molecule has 1 radical (unpaired) electrons. The van der Waals surface area contributed by atoms with Crippen LogP contribution in [0, 0.1) is 0 Å².